The minimum absolute atomic E-state index is 0.0563. The standard InChI is InChI=1S/C12H17N3OS/c1-2-3-9-11(16)13-12(17)15-14-10-7-5-4-6-8-10/h4-8,14H,2-3,9H2,1H3,(H2,13,15,16,17). The first-order valence-electron chi connectivity index (χ1n) is 5.63. The number of benzene rings is 1. The fraction of sp³-hybridized carbons (Fsp3) is 0.333. The van der Waals surface area contributed by atoms with E-state index in [-0.39, 0.29) is 11.0 Å². The summed E-state index contributed by atoms with van der Waals surface area (Å²) in [4.78, 5) is 11.4. The van der Waals surface area contributed by atoms with E-state index in [2.05, 4.69) is 16.2 Å². The van der Waals surface area contributed by atoms with Gasteiger partial charge in [0.05, 0.1) is 5.69 Å². The van der Waals surface area contributed by atoms with E-state index in [1.54, 1.807) is 0 Å². The molecule has 92 valence electrons. The van der Waals surface area contributed by atoms with Crippen molar-refractivity contribution >= 4 is 28.9 Å². The first-order valence-corrected chi connectivity index (χ1v) is 6.04. The maximum absolute atomic E-state index is 11.4. The molecule has 0 fully saturated rings. The van der Waals surface area contributed by atoms with E-state index < -0.39 is 0 Å². The number of para-hydroxylation sites is 1. The molecule has 0 bridgehead atoms. The highest BCUT2D eigenvalue weighted by Crippen LogP contribution is 2.02. The Morgan fingerprint density at radius 3 is 2.65 bits per heavy atom. The minimum atomic E-state index is -0.0563. The highest BCUT2D eigenvalue weighted by atomic mass is 32.1. The van der Waals surface area contributed by atoms with Gasteiger partial charge < -0.3 is 5.32 Å². The van der Waals surface area contributed by atoms with Crippen LogP contribution in [0.1, 0.15) is 26.2 Å². The molecule has 5 heteroatoms. The van der Waals surface area contributed by atoms with Gasteiger partial charge in [0.15, 0.2) is 5.11 Å². The summed E-state index contributed by atoms with van der Waals surface area (Å²) in [5.74, 6) is -0.0563. The maximum atomic E-state index is 11.4. The van der Waals surface area contributed by atoms with Crippen LogP contribution in [0.5, 0.6) is 0 Å². The molecule has 3 N–H and O–H groups in total. The predicted octanol–water partition coefficient (Wildman–Crippen LogP) is 2.19. The van der Waals surface area contributed by atoms with Gasteiger partial charge in [-0.1, -0.05) is 31.5 Å². The molecule has 0 spiro atoms. The fourth-order valence-electron chi connectivity index (χ4n) is 1.21. The molecule has 0 aliphatic heterocycles. The first-order chi connectivity index (χ1) is 8.22. The summed E-state index contributed by atoms with van der Waals surface area (Å²) >= 11 is 4.97. The molecule has 0 saturated heterocycles. The summed E-state index contributed by atoms with van der Waals surface area (Å²) < 4.78 is 0. The van der Waals surface area contributed by atoms with Crippen molar-refractivity contribution in [3.8, 4) is 0 Å². The summed E-state index contributed by atoms with van der Waals surface area (Å²) in [6, 6.07) is 9.54. The van der Waals surface area contributed by atoms with Crippen LogP contribution in [0.2, 0.25) is 0 Å². The Morgan fingerprint density at radius 1 is 1.29 bits per heavy atom. The zero-order valence-corrected chi connectivity index (χ0v) is 10.6. The Kier molecular flexibility index (Phi) is 6.03. The van der Waals surface area contributed by atoms with Crippen LogP contribution < -0.4 is 16.2 Å². The Balaban J connectivity index is 2.24. The van der Waals surface area contributed by atoms with Crippen molar-refractivity contribution in [2.45, 2.75) is 26.2 Å². The van der Waals surface area contributed by atoms with Crippen LogP contribution in [0.15, 0.2) is 30.3 Å². The van der Waals surface area contributed by atoms with Gasteiger partial charge in [-0.05, 0) is 30.8 Å². The van der Waals surface area contributed by atoms with Gasteiger partial charge >= 0.3 is 0 Å². The SMILES string of the molecule is CCCCC(=O)NC(=S)NNc1ccccc1. The molecule has 0 aliphatic rings. The third kappa shape index (κ3) is 5.87. The van der Waals surface area contributed by atoms with Gasteiger partial charge in [-0.3, -0.25) is 15.6 Å². The van der Waals surface area contributed by atoms with Crippen LogP contribution in [-0.2, 0) is 4.79 Å². The number of hydrogen-bond acceptors (Lipinski definition) is 3. The van der Waals surface area contributed by atoms with Crippen LogP contribution >= 0.6 is 12.2 Å². The third-order valence-electron chi connectivity index (χ3n) is 2.10. The first kappa shape index (κ1) is 13.4. The molecule has 1 amide bonds. The molecule has 0 atom stereocenters. The molecule has 0 saturated carbocycles. The van der Waals surface area contributed by atoms with Crippen molar-refractivity contribution in [3.63, 3.8) is 0 Å². The molecule has 0 heterocycles. The molecule has 0 aliphatic carbocycles. The van der Waals surface area contributed by atoms with E-state index in [0.717, 1.165) is 18.5 Å². The van der Waals surface area contributed by atoms with Gasteiger partial charge in [0.2, 0.25) is 5.91 Å². The van der Waals surface area contributed by atoms with E-state index in [1.165, 1.54) is 0 Å². The number of hydrazine groups is 1. The number of nitrogens with one attached hydrogen (secondary N) is 3. The summed E-state index contributed by atoms with van der Waals surface area (Å²) in [5, 5.41) is 2.89. The second-order valence-electron chi connectivity index (χ2n) is 3.60. The number of thiocarbonyl (C=S) groups is 1. The Hall–Kier alpha value is -1.62. The maximum Gasteiger partial charge on any atom is 0.226 e. The van der Waals surface area contributed by atoms with Crippen LogP contribution in [0.25, 0.3) is 0 Å². The average molecular weight is 251 g/mol. The lowest BCUT2D eigenvalue weighted by Crippen LogP contribution is -2.41. The zero-order chi connectivity index (χ0) is 12.5. The molecule has 0 radical (unpaired) electrons. The lowest BCUT2D eigenvalue weighted by Gasteiger charge is -2.11. The van der Waals surface area contributed by atoms with Gasteiger partial charge in [0.25, 0.3) is 0 Å². The monoisotopic (exact) mass is 251 g/mol. The number of carbonyl (C=O) groups is 1. The molecular weight excluding hydrogens is 234 g/mol. The Morgan fingerprint density at radius 2 is 2.00 bits per heavy atom. The van der Waals surface area contributed by atoms with Crippen molar-refractivity contribution in [1.82, 2.24) is 10.7 Å². The van der Waals surface area contributed by atoms with Gasteiger partial charge in [0.1, 0.15) is 0 Å². The van der Waals surface area contributed by atoms with Crippen molar-refractivity contribution in [1.29, 1.82) is 0 Å². The van der Waals surface area contributed by atoms with E-state index in [0.29, 0.717) is 6.42 Å². The number of carbonyl (C=O) groups excluding carboxylic acids is 1. The Bertz CT molecular complexity index is 367. The van der Waals surface area contributed by atoms with E-state index >= 15 is 0 Å². The largest absolute Gasteiger partial charge is 0.302 e. The van der Waals surface area contributed by atoms with Crippen LogP contribution in [0, 0.1) is 0 Å². The van der Waals surface area contributed by atoms with Crippen LogP contribution in [-0.4, -0.2) is 11.0 Å². The van der Waals surface area contributed by atoms with Crippen molar-refractivity contribution in [3.05, 3.63) is 30.3 Å². The zero-order valence-electron chi connectivity index (χ0n) is 9.82. The van der Waals surface area contributed by atoms with Gasteiger partial charge in [0, 0.05) is 6.42 Å². The summed E-state index contributed by atoms with van der Waals surface area (Å²) in [6.07, 6.45) is 2.38. The molecule has 1 aromatic rings. The van der Waals surface area contributed by atoms with Crippen LogP contribution in [0.3, 0.4) is 0 Å². The average Bonchev–Trinajstić information content (AvgIpc) is 2.35. The normalized spacial score (nSPS) is 9.47. The third-order valence-corrected chi connectivity index (χ3v) is 2.31. The number of rotatable bonds is 5. The minimum Gasteiger partial charge on any atom is -0.302 e. The fourth-order valence-corrected chi connectivity index (χ4v) is 1.37. The lowest BCUT2D eigenvalue weighted by atomic mass is 10.2. The second kappa shape index (κ2) is 7.62. The smallest absolute Gasteiger partial charge is 0.226 e. The van der Waals surface area contributed by atoms with Gasteiger partial charge in [-0.2, -0.15) is 0 Å². The highest BCUT2D eigenvalue weighted by molar-refractivity contribution is 7.80. The van der Waals surface area contributed by atoms with E-state index in [9.17, 15) is 4.79 Å². The number of hydrogen-bond donors (Lipinski definition) is 3. The quantitative estimate of drug-likeness (QED) is 0.554. The molecule has 1 rings (SSSR count). The van der Waals surface area contributed by atoms with E-state index in [4.69, 9.17) is 12.2 Å². The predicted molar refractivity (Wildman–Crippen MR) is 73.5 cm³/mol. The topological polar surface area (TPSA) is 53.2 Å². The molecule has 1 aromatic carbocycles. The van der Waals surface area contributed by atoms with Crippen molar-refractivity contribution < 1.29 is 4.79 Å². The summed E-state index contributed by atoms with van der Waals surface area (Å²) in [6.45, 7) is 2.04. The van der Waals surface area contributed by atoms with Crippen LogP contribution in [0.4, 0.5) is 5.69 Å². The van der Waals surface area contributed by atoms with Gasteiger partial charge in [-0.15, -0.1) is 0 Å². The van der Waals surface area contributed by atoms with Crippen molar-refractivity contribution in [2.24, 2.45) is 0 Å². The Labute approximate surface area is 107 Å². The van der Waals surface area contributed by atoms with Crippen molar-refractivity contribution in [2.75, 3.05) is 5.43 Å². The summed E-state index contributed by atoms with van der Waals surface area (Å²) in [5.41, 5.74) is 6.54. The van der Waals surface area contributed by atoms with E-state index in [1.807, 2.05) is 37.3 Å². The highest BCUT2D eigenvalue weighted by Gasteiger charge is 2.02. The number of unbranched alkanes of at least 4 members (excludes halogenated alkanes) is 1. The molecular formula is C12H17N3OS. The lowest BCUT2D eigenvalue weighted by molar-refractivity contribution is -0.119. The molecule has 0 aromatic heterocycles. The molecule has 0 unspecified atom stereocenters. The number of anilines is 1. The summed E-state index contributed by atoms with van der Waals surface area (Å²) in [7, 11) is 0. The molecule has 17 heavy (non-hydrogen) atoms. The number of amides is 1. The van der Waals surface area contributed by atoms with Gasteiger partial charge in [-0.25, -0.2) is 0 Å². The second-order valence-corrected chi connectivity index (χ2v) is 4.01. The molecule has 4 nitrogen and oxygen atoms in total.